The Morgan fingerprint density at radius 1 is 1.28 bits per heavy atom. The van der Waals surface area contributed by atoms with Gasteiger partial charge in [0, 0.05) is 17.2 Å². The predicted molar refractivity (Wildman–Crippen MR) is 76.4 cm³/mol. The first kappa shape index (κ1) is 13.4. The lowest BCUT2D eigenvalue weighted by molar-refractivity contribution is 0.298. The molecule has 0 bridgehead atoms. The first-order chi connectivity index (χ1) is 8.29. The third kappa shape index (κ3) is 2.54. The summed E-state index contributed by atoms with van der Waals surface area (Å²) in [5.41, 5.74) is 4.10. The molecule has 0 saturated carbocycles. The molecule has 18 heavy (non-hydrogen) atoms. The van der Waals surface area contributed by atoms with E-state index in [1.165, 1.54) is 16.7 Å². The maximum atomic E-state index is 5.96. The van der Waals surface area contributed by atoms with E-state index in [-0.39, 0.29) is 5.41 Å². The van der Waals surface area contributed by atoms with Gasteiger partial charge >= 0.3 is 0 Å². The quantitative estimate of drug-likeness (QED) is 0.860. The van der Waals surface area contributed by atoms with Gasteiger partial charge in [0.1, 0.15) is 12.4 Å². The van der Waals surface area contributed by atoms with E-state index in [1.54, 1.807) is 0 Å². The molecule has 1 atom stereocenters. The van der Waals surface area contributed by atoms with Crippen LogP contribution in [0.15, 0.2) is 12.1 Å². The first-order valence-corrected chi connectivity index (χ1v) is 6.83. The Morgan fingerprint density at radius 2 is 1.94 bits per heavy atom. The molecule has 2 heteroatoms. The molecule has 0 spiro atoms. The summed E-state index contributed by atoms with van der Waals surface area (Å²) in [6, 6.07) is 5.33. The Balaban J connectivity index is 2.45. The molecule has 0 aromatic heterocycles. The Kier molecular flexibility index (Phi) is 3.41. The molecule has 2 nitrogen and oxygen atoms in total. The standard InChI is InChI=1S/C16H25NO/c1-10(2)17-14-9-18-15-12(14)7-11(3)8-13(15)16(4,5)6/h7-8,10,14,17H,9H2,1-6H3. The van der Waals surface area contributed by atoms with Crippen molar-refractivity contribution in [2.75, 3.05) is 6.61 Å². The molecule has 1 unspecified atom stereocenters. The minimum absolute atomic E-state index is 0.128. The summed E-state index contributed by atoms with van der Waals surface area (Å²) in [5.74, 6) is 1.10. The van der Waals surface area contributed by atoms with Crippen LogP contribution < -0.4 is 10.1 Å². The van der Waals surface area contributed by atoms with Gasteiger partial charge in [-0.2, -0.15) is 0 Å². The second-order valence-corrected chi connectivity index (χ2v) is 6.67. The molecule has 0 aliphatic carbocycles. The lowest BCUT2D eigenvalue weighted by Crippen LogP contribution is -2.29. The van der Waals surface area contributed by atoms with Crippen LogP contribution in [0.25, 0.3) is 0 Å². The van der Waals surface area contributed by atoms with Crippen LogP contribution in [0, 0.1) is 6.92 Å². The number of benzene rings is 1. The first-order valence-electron chi connectivity index (χ1n) is 6.83. The van der Waals surface area contributed by atoms with Crippen molar-refractivity contribution in [1.82, 2.24) is 5.32 Å². The number of fused-ring (bicyclic) bond motifs is 1. The van der Waals surface area contributed by atoms with Crippen molar-refractivity contribution in [2.24, 2.45) is 0 Å². The molecule has 0 saturated heterocycles. The topological polar surface area (TPSA) is 21.3 Å². The van der Waals surface area contributed by atoms with Gasteiger partial charge in [-0.15, -0.1) is 0 Å². The number of aryl methyl sites for hydroxylation is 1. The van der Waals surface area contributed by atoms with Gasteiger partial charge in [0.2, 0.25) is 0 Å². The van der Waals surface area contributed by atoms with E-state index < -0.39 is 0 Å². The molecule has 0 amide bonds. The molecule has 0 fully saturated rings. The van der Waals surface area contributed by atoms with Gasteiger partial charge in [0.15, 0.2) is 0 Å². The largest absolute Gasteiger partial charge is 0.491 e. The average Bonchev–Trinajstić information content (AvgIpc) is 2.58. The van der Waals surface area contributed by atoms with Crippen LogP contribution in [0.3, 0.4) is 0 Å². The highest BCUT2D eigenvalue weighted by Crippen LogP contribution is 2.41. The smallest absolute Gasteiger partial charge is 0.128 e. The molecule has 1 aromatic carbocycles. The van der Waals surface area contributed by atoms with Crippen LogP contribution in [0.2, 0.25) is 0 Å². The van der Waals surface area contributed by atoms with E-state index in [4.69, 9.17) is 4.74 Å². The molecule has 0 radical (unpaired) electrons. The molecular formula is C16H25NO. The van der Waals surface area contributed by atoms with Gasteiger partial charge in [-0.3, -0.25) is 0 Å². The second-order valence-electron chi connectivity index (χ2n) is 6.67. The zero-order valence-corrected chi connectivity index (χ0v) is 12.4. The summed E-state index contributed by atoms with van der Waals surface area (Å²) < 4.78 is 5.96. The molecule has 2 rings (SSSR count). The molecule has 1 aliphatic heterocycles. The number of hydrogen-bond donors (Lipinski definition) is 1. The number of hydrogen-bond acceptors (Lipinski definition) is 2. The highest BCUT2D eigenvalue weighted by Gasteiger charge is 2.30. The maximum absolute atomic E-state index is 5.96. The minimum Gasteiger partial charge on any atom is -0.491 e. The third-order valence-corrected chi connectivity index (χ3v) is 3.37. The van der Waals surface area contributed by atoms with Gasteiger partial charge in [-0.25, -0.2) is 0 Å². The zero-order valence-electron chi connectivity index (χ0n) is 12.4. The van der Waals surface area contributed by atoms with Crippen LogP contribution in [0.5, 0.6) is 5.75 Å². The van der Waals surface area contributed by atoms with E-state index >= 15 is 0 Å². The van der Waals surface area contributed by atoms with Crippen molar-refractivity contribution in [3.05, 3.63) is 28.8 Å². The lowest BCUT2D eigenvalue weighted by atomic mass is 9.84. The van der Waals surface area contributed by atoms with Crippen molar-refractivity contribution in [3.8, 4) is 5.75 Å². The van der Waals surface area contributed by atoms with E-state index in [0.29, 0.717) is 12.1 Å². The summed E-state index contributed by atoms with van der Waals surface area (Å²) in [6.45, 7) is 14.0. The molecule has 1 aromatic rings. The predicted octanol–water partition coefficient (Wildman–Crippen LogP) is 3.72. The van der Waals surface area contributed by atoms with Crippen LogP contribution in [0.4, 0.5) is 0 Å². The Bertz CT molecular complexity index is 443. The third-order valence-electron chi connectivity index (χ3n) is 3.37. The van der Waals surface area contributed by atoms with E-state index in [1.807, 2.05) is 0 Å². The summed E-state index contributed by atoms with van der Waals surface area (Å²) in [4.78, 5) is 0. The molecular weight excluding hydrogens is 222 g/mol. The van der Waals surface area contributed by atoms with Crippen LogP contribution in [-0.4, -0.2) is 12.6 Å². The van der Waals surface area contributed by atoms with Gasteiger partial charge in [-0.05, 0) is 12.3 Å². The normalized spacial score (nSPS) is 18.9. The zero-order chi connectivity index (χ0) is 13.5. The summed E-state index contributed by atoms with van der Waals surface area (Å²) in [6.07, 6.45) is 0. The van der Waals surface area contributed by atoms with Crippen molar-refractivity contribution in [2.45, 2.75) is 59.0 Å². The summed E-state index contributed by atoms with van der Waals surface area (Å²) >= 11 is 0. The lowest BCUT2D eigenvalue weighted by Gasteiger charge is -2.23. The fourth-order valence-corrected chi connectivity index (χ4v) is 2.57. The molecule has 100 valence electrons. The average molecular weight is 247 g/mol. The van der Waals surface area contributed by atoms with E-state index in [9.17, 15) is 0 Å². The van der Waals surface area contributed by atoms with Crippen LogP contribution >= 0.6 is 0 Å². The molecule has 1 N–H and O–H groups in total. The van der Waals surface area contributed by atoms with Crippen molar-refractivity contribution in [3.63, 3.8) is 0 Å². The minimum atomic E-state index is 0.128. The monoisotopic (exact) mass is 247 g/mol. The van der Waals surface area contributed by atoms with Gasteiger partial charge in [-0.1, -0.05) is 52.3 Å². The van der Waals surface area contributed by atoms with Crippen molar-refractivity contribution >= 4 is 0 Å². The second kappa shape index (κ2) is 4.58. The Labute approximate surface area is 111 Å². The molecule has 1 aliphatic rings. The summed E-state index contributed by atoms with van der Waals surface area (Å²) in [7, 11) is 0. The fraction of sp³-hybridized carbons (Fsp3) is 0.625. The van der Waals surface area contributed by atoms with Gasteiger partial charge in [0.05, 0.1) is 6.04 Å². The van der Waals surface area contributed by atoms with Gasteiger partial charge < -0.3 is 10.1 Å². The number of ether oxygens (including phenoxy) is 1. The number of rotatable bonds is 2. The van der Waals surface area contributed by atoms with E-state index in [0.717, 1.165) is 12.4 Å². The summed E-state index contributed by atoms with van der Waals surface area (Å²) in [5, 5.41) is 3.58. The molecule has 1 heterocycles. The maximum Gasteiger partial charge on any atom is 0.128 e. The van der Waals surface area contributed by atoms with Crippen molar-refractivity contribution in [1.29, 1.82) is 0 Å². The Morgan fingerprint density at radius 3 is 2.50 bits per heavy atom. The van der Waals surface area contributed by atoms with Crippen LogP contribution in [-0.2, 0) is 5.41 Å². The van der Waals surface area contributed by atoms with Crippen molar-refractivity contribution < 1.29 is 4.74 Å². The SMILES string of the molecule is Cc1cc2c(c(C(C)(C)C)c1)OCC2NC(C)C. The van der Waals surface area contributed by atoms with Gasteiger partial charge in [0.25, 0.3) is 0 Å². The van der Waals surface area contributed by atoms with Crippen LogP contribution in [0.1, 0.15) is 57.4 Å². The highest BCUT2D eigenvalue weighted by molar-refractivity contribution is 5.51. The highest BCUT2D eigenvalue weighted by atomic mass is 16.5. The Hall–Kier alpha value is -1.02. The fourth-order valence-electron chi connectivity index (χ4n) is 2.57. The van der Waals surface area contributed by atoms with E-state index in [2.05, 4.69) is 59.0 Å². The number of nitrogens with one attached hydrogen (secondary N) is 1.